The zero-order valence-electron chi connectivity index (χ0n) is 13.9. The van der Waals surface area contributed by atoms with Gasteiger partial charge in [-0.1, -0.05) is 15.9 Å². The number of amides is 2. The van der Waals surface area contributed by atoms with Gasteiger partial charge < -0.3 is 15.6 Å². The number of benzene rings is 2. The van der Waals surface area contributed by atoms with Crippen LogP contribution < -0.4 is 10.6 Å². The Balaban J connectivity index is 1.36. The van der Waals surface area contributed by atoms with Crippen LogP contribution in [0.15, 0.2) is 59.2 Å². The number of hydrogen-bond donors (Lipinski definition) is 3. The van der Waals surface area contributed by atoms with E-state index in [1.54, 1.807) is 0 Å². The number of rotatable bonds is 7. The Morgan fingerprint density at radius 2 is 1.69 bits per heavy atom. The summed E-state index contributed by atoms with van der Waals surface area (Å²) in [5, 5.41) is 6.77. The molecule has 3 N–H and O–H groups in total. The van der Waals surface area contributed by atoms with Crippen molar-refractivity contribution < 1.29 is 9.59 Å². The summed E-state index contributed by atoms with van der Waals surface area (Å²) >= 11 is 4.79. The number of halogens is 1. The molecule has 0 spiro atoms. The molecule has 7 heteroatoms. The third kappa shape index (κ3) is 5.37. The van der Waals surface area contributed by atoms with Gasteiger partial charge >= 0.3 is 0 Å². The van der Waals surface area contributed by atoms with Crippen molar-refractivity contribution in [1.29, 1.82) is 0 Å². The molecule has 0 unspecified atom stereocenters. The Morgan fingerprint density at radius 1 is 0.962 bits per heavy atom. The number of aromatic nitrogens is 1. The van der Waals surface area contributed by atoms with Crippen LogP contribution in [0.4, 0.5) is 11.4 Å². The first-order valence-electron chi connectivity index (χ1n) is 8.10. The molecule has 0 aliphatic carbocycles. The number of nitrogens with one attached hydrogen (secondary N) is 3. The fourth-order valence-corrected chi connectivity index (χ4v) is 3.41. The summed E-state index contributed by atoms with van der Waals surface area (Å²) in [7, 11) is 0. The maximum absolute atomic E-state index is 12.0. The summed E-state index contributed by atoms with van der Waals surface area (Å²) < 4.78 is 0.964. The van der Waals surface area contributed by atoms with Gasteiger partial charge in [0.1, 0.15) is 0 Å². The molecule has 0 saturated carbocycles. The first-order chi connectivity index (χ1) is 12.6. The SMILES string of the molecule is O=C(CCSCC(=O)Nc1ccc(Br)cc1)Nc1ccc2[nH]ccc2c1. The highest BCUT2D eigenvalue weighted by Crippen LogP contribution is 2.18. The number of carbonyl (C=O) groups excluding carboxylic acids is 2. The lowest BCUT2D eigenvalue weighted by Gasteiger charge is -2.07. The fraction of sp³-hybridized carbons (Fsp3) is 0.158. The number of carbonyl (C=O) groups is 2. The second-order valence-corrected chi connectivity index (χ2v) is 7.71. The zero-order chi connectivity index (χ0) is 18.4. The van der Waals surface area contributed by atoms with Crippen molar-refractivity contribution in [2.75, 3.05) is 22.1 Å². The summed E-state index contributed by atoms with van der Waals surface area (Å²) in [6.45, 7) is 0. The highest BCUT2D eigenvalue weighted by atomic mass is 79.9. The minimum Gasteiger partial charge on any atom is -0.361 e. The van der Waals surface area contributed by atoms with E-state index in [2.05, 4.69) is 31.5 Å². The van der Waals surface area contributed by atoms with E-state index in [0.717, 1.165) is 26.8 Å². The van der Waals surface area contributed by atoms with E-state index in [9.17, 15) is 9.59 Å². The van der Waals surface area contributed by atoms with Crippen molar-refractivity contribution in [2.45, 2.75) is 6.42 Å². The molecule has 2 aromatic carbocycles. The van der Waals surface area contributed by atoms with Crippen molar-refractivity contribution in [3.63, 3.8) is 0 Å². The lowest BCUT2D eigenvalue weighted by molar-refractivity contribution is -0.116. The molecular weight excluding hydrogens is 414 g/mol. The van der Waals surface area contributed by atoms with Crippen LogP contribution in [0.3, 0.4) is 0 Å². The number of anilines is 2. The van der Waals surface area contributed by atoms with Gasteiger partial charge in [-0.25, -0.2) is 0 Å². The molecule has 5 nitrogen and oxygen atoms in total. The minimum absolute atomic E-state index is 0.0549. The summed E-state index contributed by atoms with van der Waals surface area (Å²) in [6.07, 6.45) is 2.23. The van der Waals surface area contributed by atoms with Gasteiger partial charge in [0.15, 0.2) is 0 Å². The van der Waals surface area contributed by atoms with Gasteiger partial charge in [0.2, 0.25) is 11.8 Å². The molecule has 0 fully saturated rings. The largest absolute Gasteiger partial charge is 0.361 e. The van der Waals surface area contributed by atoms with Crippen LogP contribution in [0, 0.1) is 0 Å². The Bertz CT molecular complexity index is 909. The molecule has 0 aliphatic rings. The molecule has 3 rings (SSSR count). The molecule has 0 aliphatic heterocycles. The van der Waals surface area contributed by atoms with E-state index < -0.39 is 0 Å². The highest BCUT2D eigenvalue weighted by molar-refractivity contribution is 9.10. The molecule has 134 valence electrons. The maximum Gasteiger partial charge on any atom is 0.234 e. The normalized spacial score (nSPS) is 10.7. The Morgan fingerprint density at radius 3 is 2.50 bits per heavy atom. The lowest BCUT2D eigenvalue weighted by atomic mass is 10.2. The Kier molecular flexibility index (Phi) is 6.35. The predicted octanol–water partition coefficient (Wildman–Crippen LogP) is 4.63. The van der Waals surface area contributed by atoms with Crippen LogP contribution in [0.2, 0.25) is 0 Å². The van der Waals surface area contributed by atoms with E-state index in [4.69, 9.17) is 0 Å². The van der Waals surface area contributed by atoms with Crippen molar-refractivity contribution in [1.82, 2.24) is 4.98 Å². The molecule has 0 saturated heterocycles. The third-order valence-corrected chi connectivity index (χ3v) is 5.16. The highest BCUT2D eigenvalue weighted by Gasteiger charge is 2.06. The van der Waals surface area contributed by atoms with Gasteiger partial charge in [-0.15, -0.1) is 0 Å². The molecule has 1 heterocycles. The van der Waals surface area contributed by atoms with Crippen molar-refractivity contribution >= 4 is 61.8 Å². The van der Waals surface area contributed by atoms with Crippen LogP contribution >= 0.6 is 27.7 Å². The second-order valence-electron chi connectivity index (χ2n) is 5.69. The van der Waals surface area contributed by atoms with Crippen LogP contribution in [0.25, 0.3) is 10.9 Å². The zero-order valence-corrected chi connectivity index (χ0v) is 16.3. The summed E-state index contributed by atoms with van der Waals surface area (Å²) in [5.74, 6) is 0.779. The molecule has 0 radical (unpaired) electrons. The molecule has 1 aromatic heterocycles. The van der Waals surface area contributed by atoms with E-state index >= 15 is 0 Å². The Labute approximate surface area is 164 Å². The number of fused-ring (bicyclic) bond motifs is 1. The standard InChI is InChI=1S/C19H18BrN3O2S/c20-14-1-3-15(4-2-14)22-19(25)12-26-10-8-18(24)23-16-5-6-17-13(11-16)7-9-21-17/h1-7,9,11,21H,8,10,12H2,(H,22,25)(H,23,24). The van der Waals surface area contributed by atoms with E-state index in [-0.39, 0.29) is 11.8 Å². The summed E-state index contributed by atoms with van der Waals surface area (Å²) in [4.78, 5) is 27.0. The van der Waals surface area contributed by atoms with Gasteiger partial charge in [0.05, 0.1) is 5.75 Å². The summed E-state index contributed by atoms with van der Waals surface area (Å²) in [6, 6.07) is 15.1. The molecule has 3 aromatic rings. The van der Waals surface area contributed by atoms with Gasteiger partial charge in [0, 0.05) is 45.1 Å². The van der Waals surface area contributed by atoms with Gasteiger partial charge in [0.25, 0.3) is 0 Å². The van der Waals surface area contributed by atoms with Crippen molar-refractivity contribution in [3.8, 4) is 0 Å². The minimum atomic E-state index is -0.0735. The van der Waals surface area contributed by atoms with Crippen molar-refractivity contribution in [2.24, 2.45) is 0 Å². The predicted molar refractivity (Wildman–Crippen MR) is 112 cm³/mol. The number of H-pyrrole nitrogens is 1. The van der Waals surface area contributed by atoms with Crippen LogP contribution in [-0.4, -0.2) is 28.3 Å². The topological polar surface area (TPSA) is 74.0 Å². The number of thioether (sulfide) groups is 1. The molecule has 0 bridgehead atoms. The quantitative estimate of drug-likeness (QED) is 0.477. The average Bonchev–Trinajstić information content (AvgIpc) is 3.08. The second kappa shape index (κ2) is 8.91. The third-order valence-electron chi connectivity index (χ3n) is 3.67. The average molecular weight is 432 g/mol. The van der Waals surface area contributed by atoms with Crippen LogP contribution in [0.1, 0.15) is 6.42 Å². The van der Waals surface area contributed by atoms with Crippen LogP contribution in [-0.2, 0) is 9.59 Å². The fourth-order valence-electron chi connectivity index (χ4n) is 2.41. The van der Waals surface area contributed by atoms with Crippen LogP contribution in [0.5, 0.6) is 0 Å². The van der Waals surface area contributed by atoms with Crippen molar-refractivity contribution in [3.05, 3.63) is 59.2 Å². The first kappa shape index (κ1) is 18.5. The van der Waals surface area contributed by atoms with Gasteiger partial charge in [-0.2, -0.15) is 11.8 Å². The van der Waals surface area contributed by atoms with E-state index in [0.29, 0.717) is 17.9 Å². The van der Waals surface area contributed by atoms with E-state index in [1.165, 1.54) is 11.8 Å². The lowest BCUT2D eigenvalue weighted by Crippen LogP contribution is -2.16. The maximum atomic E-state index is 12.0. The molecule has 26 heavy (non-hydrogen) atoms. The van der Waals surface area contributed by atoms with Gasteiger partial charge in [-0.05, 0) is 48.5 Å². The number of aromatic amines is 1. The monoisotopic (exact) mass is 431 g/mol. The van der Waals surface area contributed by atoms with E-state index in [1.807, 2.05) is 54.7 Å². The number of hydrogen-bond acceptors (Lipinski definition) is 3. The molecular formula is C19H18BrN3O2S. The summed E-state index contributed by atoms with van der Waals surface area (Å²) in [5.41, 5.74) is 2.58. The smallest absolute Gasteiger partial charge is 0.234 e. The van der Waals surface area contributed by atoms with Gasteiger partial charge in [-0.3, -0.25) is 9.59 Å². The first-order valence-corrected chi connectivity index (χ1v) is 10.0. The Hall–Kier alpha value is -2.25. The molecule has 2 amide bonds. The molecule has 0 atom stereocenters.